The van der Waals surface area contributed by atoms with Crippen molar-refractivity contribution in [2.45, 2.75) is 18.8 Å². The molecule has 0 amide bonds. The molecule has 0 aliphatic rings. The summed E-state index contributed by atoms with van der Waals surface area (Å²) in [5, 5.41) is 0. The summed E-state index contributed by atoms with van der Waals surface area (Å²) < 4.78 is 0. The van der Waals surface area contributed by atoms with Crippen LogP contribution in [0.3, 0.4) is 0 Å². The first-order valence-corrected chi connectivity index (χ1v) is 9.84. The summed E-state index contributed by atoms with van der Waals surface area (Å²) in [6, 6.07) is 0. The lowest BCUT2D eigenvalue weighted by atomic mass is 11.8. The van der Waals surface area contributed by atoms with Crippen LogP contribution in [-0.2, 0) is 0 Å². The van der Waals surface area contributed by atoms with Gasteiger partial charge in [-0.25, -0.2) is 0 Å². The first-order valence-electron chi connectivity index (χ1n) is 2.41. The molecule has 0 aromatic rings. The molecule has 0 aliphatic heterocycles. The summed E-state index contributed by atoms with van der Waals surface area (Å²) in [6.45, 7) is 4.24. The maximum atomic E-state index is 5.76. The number of halogens is 2. The van der Waals surface area contributed by atoms with E-state index in [1.54, 1.807) is 0 Å². The van der Waals surface area contributed by atoms with Crippen molar-refractivity contribution in [3.8, 4) is 0 Å². The Balaban J connectivity index is 2.95. The van der Waals surface area contributed by atoms with Crippen LogP contribution in [0.1, 0.15) is 0 Å². The van der Waals surface area contributed by atoms with Gasteiger partial charge >= 0.3 is 0 Å². The van der Waals surface area contributed by atoms with Crippen molar-refractivity contribution in [3.05, 3.63) is 0 Å². The van der Waals surface area contributed by atoms with Gasteiger partial charge in [0.2, 0.25) is 0 Å². The van der Waals surface area contributed by atoms with E-state index in [1.165, 1.54) is 5.67 Å². The largest absolute Gasteiger partial charge is 0.172 e. The topological polar surface area (TPSA) is 0 Å². The zero-order valence-electron chi connectivity index (χ0n) is 4.62. The van der Waals surface area contributed by atoms with Crippen LogP contribution >= 0.6 is 22.2 Å². The lowest BCUT2D eigenvalue weighted by molar-refractivity contribution is 1.87. The van der Waals surface area contributed by atoms with E-state index < -0.39 is 16.2 Å². The normalized spacial score (nSPS) is 18.9. The molecule has 7 heavy (non-hydrogen) atoms. The second-order valence-corrected chi connectivity index (χ2v) is 11.3. The molecule has 0 fully saturated rings. The number of hydrogen-bond donors (Lipinski definition) is 0. The third kappa shape index (κ3) is 7.01. The molecule has 0 nitrogen and oxygen atoms in total. The summed E-state index contributed by atoms with van der Waals surface area (Å²) in [5.74, 6) is 0. The van der Waals surface area contributed by atoms with E-state index in [4.69, 9.17) is 22.2 Å². The van der Waals surface area contributed by atoms with Gasteiger partial charge in [0.15, 0.2) is 0 Å². The maximum absolute atomic E-state index is 5.76. The van der Waals surface area contributed by atoms with E-state index in [1.807, 2.05) is 0 Å². The van der Waals surface area contributed by atoms with E-state index >= 15 is 0 Å². The van der Waals surface area contributed by atoms with Crippen LogP contribution in [0.25, 0.3) is 0 Å². The Hall–Kier alpha value is 1.01. The Morgan fingerprint density at radius 3 is 1.43 bits per heavy atom. The van der Waals surface area contributed by atoms with Crippen LogP contribution in [0.15, 0.2) is 0 Å². The van der Waals surface area contributed by atoms with Crippen molar-refractivity contribution in [2.24, 2.45) is 0 Å². The van der Waals surface area contributed by atoms with Crippen LogP contribution in [0.4, 0.5) is 0 Å². The van der Waals surface area contributed by atoms with Crippen molar-refractivity contribution in [1.29, 1.82) is 0 Å². The summed E-state index contributed by atoms with van der Waals surface area (Å²) in [6.07, 6.45) is 0. The zero-order valence-corrected chi connectivity index (χ0v) is 8.44. The van der Waals surface area contributed by atoms with Gasteiger partial charge in [0.25, 0.3) is 0 Å². The standard InChI is InChI=1S/C3H10Cl2Si2/c1-6(4)3-7(2)5/h6-7H,3H2,1-2H3. The predicted molar refractivity (Wildman–Crippen MR) is 42.5 cm³/mol. The minimum atomic E-state index is -0.826. The number of rotatable bonds is 2. The maximum Gasteiger partial charge on any atom is 0.136 e. The SMILES string of the molecule is C[SiH](Cl)C[SiH](C)Cl. The van der Waals surface area contributed by atoms with E-state index in [0.717, 1.165) is 0 Å². The van der Waals surface area contributed by atoms with Crippen LogP contribution in [0.5, 0.6) is 0 Å². The molecule has 0 saturated carbocycles. The minimum absolute atomic E-state index is 0.826. The van der Waals surface area contributed by atoms with Crippen LogP contribution in [0.2, 0.25) is 18.8 Å². The Kier molecular flexibility index (Phi) is 4.52. The molecule has 44 valence electrons. The van der Waals surface area contributed by atoms with Crippen molar-refractivity contribution in [1.82, 2.24) is 0 Å². The fourth-order valence-corrected chi connectivity index (χ4v) is 9.66. The second-order valence-electron chi connectivity index (χ2n) is 1.80. The van der Waals surface area contributed by atoms with Crippen LogP contribution in [0, 0.1) is 0 Å². The molecule has 0 spiro atoms. The van der Waals surface area contributed by atoms with E-state index in [0.29, 0.717) is 0 Å². The van der Waals surface area contributed by atoms with Gasteiger partial charge in [0.05, 0.1) is 0 Å². The lowest BCUT2D eigenvalue weighted by Crippen LogP contribution is -2.06. The van der Waals surface area contributed by atoms with Gasteiger partial charge < -0.3 is 0 Å². The van der Waals surface area contributed by atoms with Gasteiger partial charge in [0.1, 0.15) is 16.2 Å². The molecule has 2 atom stereocenters. The summed E-state index contributed by atoms with van der Waals surface area (Å²) in [7, 11) is -1.65. The molecule has 0 N–H and O–H groups in total. The van der Waals surface area contributed by atoms with Gasteiger partial charge in [0, 0.05) is 0 Å². The number of hydrogen-bond acceptors (Lipinski definition) is 0. The first kappa shape index (κ1) is 8.01. The molecule has 0 saturated heterocycles. The first-order chi connectivity index (χ1) is 3.13. The Morgan fingerprint density at radius 2 is 1.43 bits per heavy atom. The predicted octanol–water partition coefficient (Wildman–Crippen LogP) is 1.71. The molecule has 4 heteroatoms. The van der Waals surface area contributed by atoms with Gasteiger partial charge in [-0.3, -0.25) is 0 Å². The molecule has 0 aromatic heterocycles. The summed E-state index contributed by atoms with van der Waals surface area (Å²) >= 11 is 11.5. The highest BCUT2D eigenvalue weighted by Gasteiger charge is 2.04. The van der Waals surface area contributed by atoms with Crippen LogP contribution in [-0.4, -0.2) is 16.2 Å². The lowest BCUT2D eigenvalue weighted by Gasteiger charge is -1.97. The van der Waals surface area contributed by atoms with Gasteiger partial charge in [-0.05, 0) is 5.67 Å². The van der Waals surface area contributed by atoms with Gasteiger partial charge in [-0.1, -0.05) is 13.1 Å². The van der Waals surface area contributed by atoms with Crippen LogP contribution < -0.4 is 0 Å². The monoisotopic (exact) mass is 172 g/mol. The van der Waals surface area contributed by atoms with E-state index in [9.17, 15) is 0 Å². The fraction of sp³-hybridized carbons (Fsp3) is 1.00. The summed E-state index contributed by atoms with van der Waals surface area (Å²) in [5.41, 5.74) is 1.17. The highest BCUT2D eigenvalue weighted by atomic mass is 35.6. The third-order valence-corrected chi connectivity index (χ3v) is 9.05. The molecule has 0 aliphatic carbocycles. The molecule has 0 aromatic carbocycles. The molecule has 0 bridgehead atoms. The highest BCUT2D eigenvalue weighted by Crippen LogP contribution is 2.03. The smallest absolute Gasteiger partial charge is 0.136 e. The third-order valence-electron chi connectivity index (χ3n) is 0.650. The Bertz CT molecular complexity index is 40.2. The molecule has 0 heterocycles. The Morgan fingerprint density at radius 1 is 1.14 bits per heavy atom. The fourth-order valence-electron chi connectivity index (χ4n) is 0.448. The Labute approximate surface area is 57.4 Å². The minimum Gasteiger partial charge on any atom is -0.172 e. The van der Waals surface area contributed by atoms with Crippen molar-refractivity contribution in [2.75, 3.05) is 0 Å². The van der Waals surface area contributed by atoms with E-state index in [-0.39, 0.29) is 0 Å². The summed E-state index contributed by atoms with van der Waals surface area (Å²) in [4.78, 5) is 0. The van der Waals surface area contributed by atoms with Gasteiger partial charge in [-0.2, -0.15) is 22.2 Å². The average Bonchev–Trinajstić information content (AvgIpc) is 1.27. The highest BCUT2D eigenvalue weighted by molar-refractivity contribution is 7.18. The van der Waals surface area contributed by atoms with Crippen molar-refractivity contribution >= 4 is 38.4 Å². The molecule has 2 unspecified atom stereocenters. The molecule has 0 radical (unpaired) electrons. The average molecular weight is 173 g/mol. The molecular formula is C3H10Cl2Si2. The van der Waals surface area contributed by atoms with E-state index in [2.05, 4.69) is 13.1 Å². The quantitative estimate of drug-likeness (QED) is 0.440. The molecule has 0 rings (SSSR count). The zero-order chi connectivity index (χ0) is 5.86. The van der Waals surface area contributed by atoms with Crippen molar-refractivity contribution in [3.63, 3.8) is 0 Å². The second kappa shape index (κ2) is 3.95. The van der Waals surface area contributed by atoms with Crippen molar-refractivity contribution < 1.29 is 0 Å². The molecular weight excluding hydrogens is 163 g/mol. The van der Waals surface area contributed by atoms with Gasteiger partial charge in [-0.15, -0.1) is 0 Å².